The quantitative estimate of drug-likeness (QED) is 0.283. The third-order valence-electron chi connectivity index (χ3n) is 11.4. The highest BCUT2D eigenvalue weighted by Crippen LogP contribution is 2.89. The van der Waals surface area contributed by atoms with Gasteiger partial charge in [0.15, 0.2) is 5.96 Å². The van der Waals surface area contributed by atoms with E-state index in [-0.39, 0.29) is 11.4 Å². The van der Waals surface area contributed by atoms with Gasteiger partial charge in [-0.05, 0) is 97.9 Å². The lowest BCUT2D eigenvalue weighted by Gasteiger charge is -2.38. The topological polar surface area (TPSA) is 83.8 Å². The number of hydrogen-bond donors (Lipinski definition) is 2. The number of aromatic nitrogens is 2. The first-order valence-corrected chi connectivity index (χ1v) is 16.2. The van der Waals surface area contributed by atoms with Crippen molar-refractivity contribution in [3.05, 3.63) is 64.5 Å². The Bertz CT molecular complexity index is 1660. The Morgan fingerprint density at radius 2 is 1.95 bits per heavy atom. The molecule has 2 heterocycles. The second-order valence-corrected chi connectivity index (χ2v) is 14.3. The summed E-state index contributed by atoms with van der Waals surface area (Å²) in [5, 5.41) is 7.80. The fourth-order valence-corrected chi connectivity index (χ4v) is 9.00. The number of aryl methyl sites for hydroxylation is 2. The molecule has 3 saturated carbocycles. The van der Waals surface area contributed by atoms with Gasteiger partial charge in [-0.3, -0.25) is 14.4 Å². The third kappa shape index (κ3) is 4.97. The predicted molar refractivity (Wildman–Crippen MR) is 173 cm³/mol. The first-order valence-electron chi connectivity index (χ1n) is 16.2. The number of benzene rings is 2. The molecular formula is C35H45FN6O2. The molecule has 0 radical (unpaired) electrons. The van der Waals surface area contributed by atoms with Crippen LogP contribution in [-0.4, -0.2) is 59.2 Å². The van der Waals surface area contributed by atoms with Crippen molar-refractivity contribution in [2.45, 2.75) is 72.0 Å². The lowest BCUT2D eigenvalue weighted by molar-refractivity contribution is 0.253. The van der Waals surface area contributed by atoms with Crippen LogP contribution < -0.4 is 20.9 Å². The molecule has 7 rings (SSSR count). The minimum absolute atomic E-state index is 0.133. The Kier molecular flexibility index (Phi) is 7.22. The normalized spacial score (nSPS) is 30.5. The molecule has 3 aromatic rings. The number of rotatable bonds is 7. The zero-order valence-electron chi connectivity index (χ0n) is 26.6. The van der Waals surface area contributed by atoms with E-state index in [0.29, 0.717) is 64.0 Å². The van der Waals surface area contributed by atoms with Gasteiger partial charge < -0.3 is 20.3 Å². The van der Waals surface area contributed by atoms with Crippen LogP contribution in [0.2, 0.25) is 0 Å². The van der Waals surface area contributed by atoms with Crippen LogP contribution in [0.3, 0.4) is 0 Å². The summed E-state index contributed by atoms with van der Waals surface area (Å²) in [5.41, 5.74) is 3.02. The van der Waals surface area contributed by atoms with E-state index in [2.05, 4.69) is 48.2 Å². The number of nitrogens with zero attached hydrogens (tertiary/aromatic N) is 4. The molecule has 4 aliphatic rings. The third-order valence-corrected chi connectivity index (χ3v) is 11.4. The van der Waals surface area contributed by atoms with E-state index in [1.165, 1.54) is 32.4 Å². The molecule has 1 aliphatic heterocycles. The zero-order valence-corrected chi connectivity index (χ0v) is 26.6. The predicted octanol–water partition coefficient (Wildman–Crippen LogP) is 5.31. The van der Waals surface area contributed by atoms with Gasteiger partial charge in [-0.25, -0.2) is 9.37 Å². The Morgan fingerprint density at radius 3 is 2.70 bits per heavy atom. The molecule has 1 spiro atoms. The maximum absolute atomic E-state index is 14.4. The smallest absolute Gasteiger partial charge is 0.261 e. The minimum atomic E-state index is -0.340. The summed E-state index contributed by atoms with van der Waals surface area (Å²) in [4.78, 5) is 25.6. The van der Waals surface area contributed by atoms with E-state index in [4.69, 9.17) is 9.73 Å². The van der Waals surface area contributed by atoms with Crippen LogP contribution in [0.25, 0.3) is 10.9 Å². The van der Waals surface area contributed by atoms with Crippen LogP contribution >= 0.6 is 0 Å². The molecule has 1 aromatic heterocycles. The summed E-state index contributed by atoms with van der Waals surface area (Å²) in [6.07, 6.45) is 5.95. The van der Waals surface area contributed by atoms with Gasteiger partial charge in [-0.1, -0.05) is 19.9 Å². The van der Waals surface area contributed by atoms with E-state index in [1.54, 1.807) is 23.0 Å². The van der Waals surface area contributed by atoms with Crippen molar-refractivity contribution in [2.75, 3.05) is 32.1 Å². The van der Waals surface area contributed by atoms with Gasteiger partial charge in [0, 0.05) is 50.0 Å². The SMILES string of the molecule is COc1ccc(CCn2cnc3cc(N/C(=N/C[C@@H]4CC[C@@H]5C(C)(C)C56C[C@@H]46)N4C[C@@H](C)N[C@@H](C)C4)ccc3c2=O)c(F)c1. The number of halogens is 1. The van der Waals surface area contributed by atoms with Crippen molar-refractivity contribution in [1.82, 2.24) is 19.8 Å². The number of anilines is 1. The highest BCUT2D eigenvalue weighted by molar-refractivity contribution is 5.95. The summed E-state index contributed by atoms with van der Waals surface area (Å²) >= 11 is 0. The second kappa shape index (κ2) is 10.9. The monoisotopic (exact) mass is 600 g/mol. The first-order chi connectivity index (χ1) is 21.1. The van der Waals surface area contributed by atoms with Crippen molar-refractivity contribution < 1.29 is 9.13 Å². The molecule has 0 amide bonds. The van der Waals surface area contributed by atoms with Gasteiger partial charge >= 0.3 is 0 Å². The Balaban J connectivity index is 1.09. The number of hydrogen-bond acceptors (Lipinski definition) is 5. The van der Waals surface area contributed by atoms with Crippen LogP contribution in [0.1, 0.15) is 52.5 Å². The van der Waals surface area contributed by atoms with Gasteiger partial charge in [-0.2, -0.15) is 0 Å². The van der Waals surface area contributed by atoms with Gasteiger partial charge in [0.05, 0.1) is 24.3 Å². The standard InChI is InChI=1S/C35H45FN6O2/c1-21-18-42(19-22(2)39-21)33(37-17-24-7-11-31-34(3,4)35(31)16-28(24)35)40-25-8-10-27-30(14-25)38-20-41(32(27)43)13-12-23-6-9-26(44-5)15-29(23)36/h6,8-10,14-15,20-22,24,28,31,39H,7,11-13,16-19H2,1-5H3,(H,37,40)/t21-,22+,24-,28-,31+,35?/m0/s1. The average Bonchev–Trinajstić information content (AvgIpc) is 3.86. The Labute approximate surface area is 259 Å². The largest absolute Gasteiger partial charge is 0.497 e. The van der Waals surface area contributed by atoms with Crippen molar-refractivity contribution >= 4 is 22.5 Å². The van der Waals surface area contributed by atoms with E-state index < -0.39 is 0 Å². The molecule has 6 atom stereocenters. The summed E-state index contributed by atoms with van der Waals surface area (Å²) in [6, 6.07) is 11.2. The Hall–Kier alpha value is -3.46. The number of piperazine rings is 1. The summed E-state index contributed by atoms with van der Waals surface area (Å²) in [7, 11) is 1.51. The number of ether oxygens (including phenoxy) is 1. The number of aliphatic imine (C=N–C) groups is 1. The first kappa shape index (κ1) is 29.3. The molecule has 1 saturated heterocycles. The molecule has 4 fully saturated rings. The molecule has 8 nitrogen and oxygen atoms in total. The van der Waals surface area contributed by atoms with Gasteiger partial charge in [0.25, 0.3) is 5.56 Å². The Morgan fingerprint density at radius 1 is 1.16 bits per heavy atom. The number of guanidine groups is 1. The lowest BCUT2D eigenvalue weighted by Crippen LogP contribution is -2.57. The van der Waals surface area contributed by atoms with Crippen molar-refractivity contribution in [2.24, 2.45) is 33.6 Å². The molecule has 234 valence electrons. The van der Waals surface area contributed by atoms with Gasteiger partial charge in [0.2, 0.25) is 0 Å². The molecular weight excluding hydrogens is 555 g/mol. The maximum Gasteiger partial charge on any atom is 0.261 e. The van der Waals surface area contributed by atoms with E-state index in [1.807, 2.05) is 18.2 Å². The number of nitrogens with one attached hydrogen (secondary N) is 2. The van der Waals surface area contributed by atoms with Crippen LogP contribution in [0.15, 0.2) is 52.5 Å². The highest BCUT2D eigenvalue weighted by atomic mass is 19.1. The molecule has 2 N–H and O–H groups in total. The molecule has 2 aromatic carbocycles. The summed E-state index contributed by atoms with van der Waals surface area (Å²) < 4.78 is 21.1. The van der Waals surface area contributed by atoms with Crippen molar-refractivity contribution in [3.8, 4) is 5.75 Å². The number of methoxy groups -OCH3 is 1. The minimum Gasteiger partial charge on any atom is -0.497 e. The fourth-order valence-electron chi connectivity index (χ4n) is 9.00. The van der Waals surface area contributed by atoms with Crippen LogP contribution in [0, 0.1) is 34.4 Å². The summed E-state index contributed by atoms with van der Waals surface area (Å²) in [6.45, 7) is 12.4. The van der Waals surface area contributed by atoms with Gasteiger partial charge in [0.1, 0.15) is 11.6 Å². The van der Waals surface area contributed by atoms with Crippen molar-refractivity contribution in [3.63, 3.8) is 0 Å². The lowest BCUT2D eigenvalue weighted by atomic mass is 9.89. The van der Waals surface area contributed by atoms with E-state index in [0.717, 1.165) is 43.1 Å². The maximum atomic E-state index is 14.4. The van der Waals surface area contributed by atoms with Gasteiger partial charge in [-0.15, -0.1) is 0 Å². The van der Waals surface area contributed by atoms with Crippen LogP contribution in [0.4, 0.5) is 10.1 Å². The van der Waals surface area contributed by atoms with E-state index >= 15 is 0 Å². The van der Waals surface area contributed by atoms with E-state index in [9.17, 15) is 9.18 Å². The van der Waals surface area contributed by atoms with Crippen LogP contribution in [0.5, 0.6) is 5.75 Å². The molecule has 44 heavy (non-hydrogen) atoms. The average molecular weight is 601 g/mol. The van der Waals surface area contributed by atoms with Crippen molar-refractivity contribution in [1.29, 1.82) is 0 Å². The highest BCUT2D eigenvalue weighted by Gasteiger charge is 2.84. The second-order valence-electron chi connectivity index (χ2n) is 14.3. The molecule has 0 bridgehead atoms. The molecule has 3 aliphatic carbocycles. The molecule has 9 heteroatoms. The fraction of sp³-hybridized carbons (Fsp3) is 0.571. The number of fused-ring (bicyclic) bond motifs is 1. The van der Waals surface area contributed by atoms with Crippen LogP contribution in [-0.2, 0) is 13.0 Å². The molecule has 1 unspecified atom stereocenters. The summed E-state index contributed by atoms with van der Waals surface area (Å²) in [5.74, 6) is 3.45. The zero-order chi connectivity index (χ0) is 30.8.